The van der Waals surface area contributed by atoms with Crippen LogP contribution in [0.1, 0.15) is 46.5 Å². The Morgan fingerprint density at radius 2 is 1.61 bits per heavy atom. The van der Waals surface area contributed by atoms with E-state index in [4.69, 9.17) is 0 Å². The van der Waals surface area contributed by atoms with Crippen LogP contribution in [0.3, 0.4) is 0 Å². The standard InChI is InChI=1S/C8H15FN2.C8H18N2.C2H6/c9-11-6-2-5-10-4-1-3-8(10)7-11;1-4-8-7-9(2)5-6-10(8)3;1-2/h8H,1-7H2;8H,4-7H2,1-3H3;1-2H3. The minimum atomic E-state index is 0.516. The van der Waals surface area contributed by atoms with Crippen molar-refractivity contribution < 1.29 is 4.48 Å². The van der Waals surface area contributed by atoms with Crippen molar-refractivity contribution in [2.75, 3.05) is 59.9 Å². The maximum Gasteiger partial charge on any atom is 0.0446 e. The molecule has 0 spiro atoms. The molecular formula is C18H39FN4. The quantitative estimate of drug-likeness (QED) is 0.685. The highest BCUT2D eigenvalue weighted by molar-refractivity contribution is 4.82. The predicted molar refractivity (Wildman–Crippen MR) is 97.4 cm³/mol. The summed E-state index contributed by atoms with van der Waals surface area (Å²) in [5.74, 6) is 0. The zero-order valence-corrected chi connectivity index (χ0v) is 16.1. The molecule has 0 aromatic carbocycles. The van der Waals surface area contributed by atoms with Gasteiger partial charge in [0.15, 0.2) is 0 Å². The molecule has 0 aromatic heterocycles. The highest BCUT2D eigenvalue weighted by Gasteiger charge is 2.28. The summed E-state index contributed by atoms with van der Waals surface area (Å²) in [4.78, 5) is 7.30. The fourth-order valence-electron chi connectivity index (χ4n) is 3.70. The predicted octanol–water partition coefficient (Wildman–Crippen LogP) is 2.71. The molecule has 3 heterocycles. The fourth-order valence-corrected chi connectivity index (χ4v) is 3.70. The van der Waals surface area contributed by atoms with Gasteiger partial charge in [0, 0.05) is 44.8 Å². The van der Waals surface area contributed by atoms with Gasteiger partial charge in [0.2, 0.25) is 0 Å². The van der Waals surface area contributed by atoms with Gasteiger partial charge in [-0.05, 0) is 52.9 Å². The van der Waals surface area contributed by atoms with E-state index in [2.05, 4.69) is 35.7 Å². The molecule has 3 saturated heterocycles. The van der Waals surface area contributed by atoms with E-state index in [1.807, 2.05) is 13.8 Å². The van der Waals surface area contributed by atoms with Gasteiger partial charge >= 0.3 is 0 Å². The highest BCUT2D eigenvalue weighted by atomic mass is 19.2. The van der Waals surface area contributed by atoms with Crippen LogP contribution in [0.2, 0.25) is 0 Å². The fraction of sp³-hybridized carbons (Fsp3) is 1.00. The molecule has 2 unspecified atom stereocenters. The second-order valence-electron chi connectivity index (χ2n) is 6.86. The molecule has 0 amide bonds. The molecule has 3 aliphatic rings. The summed E-state index contributed by atoms with van der Waals surface area (Å²) < 4.78 is 12.9. The largest absolute Gasteiger partial charge is 0.304 e. The van der Waals surface area contributed by atoms with Crippen molar-refractivity contribution in [2.24, 2.45) is 0 Å². The van der Waals surface area contributed by atoms with Crippen molar-refractivity contribution in [1.82, 2.24) is 19.8 Å². The van der Waals surface area contributed by atoms with E-state index in [0.717, 1.165) is 24.1 Å². The minimum Gasteiger partial charge on any atom is -0.304 e. The van der Waals surface area contributed by atoms with Crippen LogP contribution < -0.4 is 0 Å². The normalized spacial score (nSPS) is 30.5. The summed E-state index contributed by atoms with van der Waals surface area (Å²) in [5, 5.41) is 0.982. The van der Waals surface area contributed by atoms with Gasteiger partial charge in [-0.15, -0.1) is 9.60 Å². The Kier molecular flexibility index (Phi) is 10.3. The molecule has 138 valence electrons. The van der Waals surface area contributed by atoms with Crippen LogP contribution in [0, 0.1) is 0 Å². The van der Waals surface area contributed by atoms with Gasteiger partial charge in [-0.2, -0.15) is 0 Å². The summed E-state index contributed by atoms with van der Waals surface area (Å²) >= 11 is 0. The van der Waals surface area contributed by atoms with Crippen LogP contribution in [-0.4, -0.2) is 91.8 Å². The Balaban J connectivity index is 0.000000209. The van der Waals surface area contributed by atoms with Crippen LogP contribution >= 0.6 is 0 Å². The summed E-state index contributed by atoms with van der Waals surface area (Å²) in [7, 11) is 4.43. The van der Waals surface area contributed by atoms with Crippen LogP contribution in [0.5, 0.6) is 0 Å². The molecule has 0 aliphatic carbocycles. The monoisotopic (exact) mass is 330 g/mol. The second kappa shape index (κ2) is 11.3. The lowest BCUT2D eigenvalue weighted by Gasteiger charge is -2.37. The van der Waals surface area contributed by atoms with E-state index < -0.39 is 0 Å². The smallest absolute Gasteiger partial charge is 0.0446 e. The lowest BCUT2D eigenvalue weighted by atomic mass is 10.1. The van der Waals surface area contributed by atoms with Crippen molar-refractivity contribution in [3.63, 3.8) is 0 Å². The van der Waals surface area contributed by atoms with E-state index in [0.29, 0.717) is 19.1 Å². The van der Waals surface area contributed by atoms with E-state index >= 15 is 0 Å². The molecule has 2 atom stereocenters. The molecule has 0 bridgehead atoms. The third-order valence-electron chi connectivity index (χ3n) is 5.21. The van der Waals surface area contributed by atoms with Crippen molar-refractivity contribution in [2.45, 2.75) is 58.5 Å². The number of nitrogens with zero attached hydrogens (tertiary/aromatic N) is 4. The first-order valence-corrected chi connectivity index (χ1v) is 9.63. The minimum absolute atomic E-state index is 0.516. The van der Waals surface area contributed by atoms with Crippen molar-refractivity contribution in [3.05, 3.63) is 0 Å². The van der Waals surface area contributed by atoms with E-state index in [1.54, 1.807) is 0 Å². The van der Waals surface area contributed by atoms with Gasteiger partial charge in [-0.1, -0.05) is 20.8 Å². The van der Waals surface area contributed by atoms with Crippen LogP contribution in [-0.2, 0) is 0 Å². The van der Waals surface area contributed by atoms with Gasteiger partial charge in [0.1, 0.15) is 0 Å². The summed E-state index contributed by atoms with van der Waals surface area (Å²) in [6, 6.07) is 1.31. The van der Waals surface area contributed by atoms with Gasteiger partial charge in [-0.25, -0.2) is 0 Å². The van der Waals surface area contributed by atoms with Crippen LogP contribution in [0.4, 0.5) is 4.48 Å². The Morgan fingerprint density at radius 3 is 2.26 bits per heavy atom. The molecule has 0 aromatic rings. The Labute approximate surface area is 143 Å². The highest BCUT2D eigenvalue weighted by Crippen LogP contribution is 2.21. The number of likely N-dealkylation sites (N-methyl/N-ethyl adjacent to an activating group) is 2. The first-order chi connectivity index (χ1) is 11.1. The van der Waals surface area contributed by atoms with E-state index in [1.165, 1.54) is 45.4 Å². The zero-order valence-electron chi connectivity index (χ0n) is 16.1. The average Bonchev–Trinajstić information content (AvgIpc) is 2.91. The lowest BCUT2D eigenvalue weighted by Crippen LogP contribution is -2.49. The van der Waals surface area contributed by atoms with Crippen molar-refractivity contribution in [1.29, 1.82) is 0 Å². The van der Waals surface area contributed by atoms with E-state index in [-0.39, 0.29) is 0 Å². The van der Waals surface area contributed by atoms with Crippen molar-refractivity contribution >= 4 is 0 Å². The first kappa shape index (κ1) is 20.8. The zero-order chi connectivity index (χ0) is 17.2. The van der Waals surface area contributed by atoms with Gasteiger partial charge < -0.3 is 9.80 Å². The van der Waals surface area contributed by atoms with Crippen LogP contribution in [0.15, 0.2) is 0 Å². The molecule has 3 fully saturated rings. The molecule has 0 N–H and O–H groups in total. The molecule has 3 aliphatic heterocycles. The van der Waals surface area contributed by atoms with E-state index in [9.17, 15) is 4.48 Å². The summed E-state index contributed by atoms with van der Waals surface area (Å²) in [5.41, 5.74) is 0. The molecule has 23 heavy (non-hydrogen) atoms. The number of rotatable bonds is 1. The number of hydrogen-bond donors (Lipinski definition) is 0. The maximum atomic E-state index is 12.9. The molecule has 0 radical (unpaired) electrons. The average molecular weight is 331 g/mol. The first-order valence-electron chi connectivity index (χ1n) is 9.63. The second-order valence-corrected chi connectivity index (χ2v) is 6.86. The Hall–Kier alpha value is -0.230. The number of halogens is 1. The molecular weight excluding hydrogens is 291 g/mol. The SMILES string of the molecule is CC.CCC1CN(C)CCN1C.FN1CCCN2CCCC2C1. The third-order valence-corrected chi connectivity index (χ3v) is 5.21. The molecule has 4 nitrogen and oxygen atoms in total. The summed E-state index contributed by atoms with van der Waals surface area (Å²) in [6.07, 6.45) is 4.73. The Morgan fingerprint density at radius 1 is 0.913 bits per heavy atom. The number of piperazine rings is 1. The molecule has 5 heteroatoms. The maximum absolute atomic E-state index is 12.9. The van der Waals surface area contributed by atoms with Crippen molar-refractivity contribution in [3.8, 4) is 0 Å². The van der Waals surface area contributed by atoms with Gasteiger partial charge in [-0.3, -0.25) is 4.90 Å². The molecule has 3 rings (SSSR count). The number of fused-ring (bicyclic) bond motifs is 1. The third kappa shape index (κ3) is 7.04. The topological polar surface area (TPSA) is 13.0 Å². The van der Waals surface area contributed by atoms with Gasteiger partial charge in [0.05, 0.1) is 0 Å². The van der Waals surface area contributed by atoms with Crippen LogP contribution in [0.25, 0.3) is 0 Å². The number of hydrogen-bond acceptors (Lipinski definition) is 4. The van der Waals surface area contributed by atoms with Gasteiger partial charge in [0.25, 0.3) is 0 Å². The summed E-state index contributed by atoms with van der Waals surface area (Å²) in [6.45, 7) is 13.5. The lowest BCUT2D eigenvalue weighted by molar-refractivity contribution is 0.0194. The molecule has 0 saturated carbocycles. The Bertz CT molecular complexity index is 303.